The predicted octanol–water partition coefficient (Wildman–Crippen LogP) is 3.14. The number of aliphatic hydroxyl groups is 1. The normalized spacial score (nSPS) is 14.4. The van der Waals surface area contributed by atoms with Crippen LogP contribution in [-0.4, -0.2) is 51.2 Å². The van der Waals surface area contributed by atoms with Crippen LogP contribution in [0.25, 0.3) is 21.8 Å². The van der Waals surface area contributed by atoms with E-state index in [4.69, 9.17) is 9.47 Å². The highest BCUT2D eigenvalue weighted by atomic mass is 32.2. The Hall–Kier alpha value is -3.27. The Morgan fingerprint density at radius 3 is 2.79 bits per heavy atom. The fourth-order valence-electron chi connectivity index (χ4n) is 4.05. The third-order valence-corrected chi connectivity index (χ3v) is 6.84. The third kappa shape index (κ3) is 4.35. The average Bonchev–Trinajstić information content (AvgIpc) is 3.39. The molecule has 2 heterocycles. The Kier molecular flexibility index (Phi) is 5.61. The topological polar surface area (TPSA) is 104 Å². The minimum atomic E-state index is -3.44. The number of fused-ring (bicyclic) bond motifs is 4. The van der Waals surface area contributed by atoms with Crippen LogP contribution in [0.3, 0.4) is 0 Å². The number of sulfonamides is 1. The van der Waals surface area contributed by atoms with Gasteiger partial charge in [-0.3, -0.25) is 0 Å². The number of H-pyrrole nitrogens is 1. The van der Waals surface area contributed by atoms with Crippen molar-refractivity contribution in [3.63, 3.8) is 0 Å². The number of nitrogens with zero attached hydrogens (tertiary/aromatic N) is 1. The van der Waals surface area contributed by atoms with Gasteiger partial charge in [0.05, 0.1) is 23.6 Å². The summed E-state index contributed by atoms with van der Waals surface area (Å²) < 4.78 is 36.3. The first-order chi connectivity index (χ1) is 15.9. The van der Waals surface area contributed by atoms with Crippen LogP contribution in [0.5, 0.6) is 11.5 Å². The molecule has 0 amide bonds. The minimum Gasteiger partial charge on any atom is -0.492 e. The molecule has 172 valence electrons. The first-order valence-electron chi connectivity index (χ1n) is 10.7. The number of aromatic amines is 1. The van der Waals surface area contributed by atoms with Crippen LogP contribution in [0.2, 0.25) is 0 Å². The smallest absolute Gasteiger partial charge is 0.235 e. The van der Waals surface area contributed by atoms with Gasteiger partial charge in [0.1, 0.15) is 18.1 Å². The van der Waals surface area contributed by atoms with E-state index < -0.39 is 16.1 Å². The number of anilines is 1. The van der Waals surface area contributed by atoms with Crippen LogP contribution in [0.4, 0.5) is 5.69 Å². The van der Waals surface area contributed by atoms with Crippen molar-refractivity contribution in [3.8, 4) is 11.5 Å². The SMILES string of the molecule is CS(=O)(=O)N1COc2ccc(C(O)CNCCOc3ccc4c(c3)[nH]c3ccccc34)cc21. The Balaban J connectivity index is 1.15. The minimum absolute atomic E-state index is 0.0480. The highest BCUT2D eigenvalue weighted by Crippen LogP contribution is 2.37. The zero-order valence-corrected chi connectivity index (χ0v) is 18.9. The van der Waals surface area contributed by atoms with Crippen molar-refractivity contribution in [1.82, 2.24) is 10.3 Å². The summed E-state index contributed by atoms with van der Waals surface area (Å²) in [6.07, 6.45) is 0.339. The van der Waals surface area contributed by atoms with Crippen molar-refractivity contribution in [1.29, 1.82) is 0 Å². The van der Waals surface area contributed by atoms with Crippen molar-refractivity contribution >= 4 is 37.5 Å². The lowest BCUT2D eigenvalue weighted by Crippen LogP contribution is -2.29. The molecule has 0 saturated heterocycles. The second-order valence-corrected chi connectivity index (χ2v) is 9.97. The summed E-state index contributed by atoms with van der Waals surface area (Å²) in [5.41, 5.74) is 3.19. The van der Waals surface area contributed by atoms with Crippen molar-refractivity contribution in [2.24, 2.45) is 0 Å². The van der Waals surface area contributed by atoms with Gasteiger partial charge in [0.2, 0.25) is 10.0 Å². The van der Waals surface area contributed by atoms with Gasteiger partial charge < -0.3 is 24.9 Å². The van der Waals surface area contributed by atoms with Gasteiger partial charge in [0, 0.05) is 35.4 Å². The molecule has 1 aliphatic rings. The molecular formula is C24H25N3O5S. The summed E-state index contributed by atoms with van der Waals surface area (Å²) in [6, 6.07) is 19.3. The van der Waals surface area contributed by atoms with Crippen molar-refractivity contribution in [3.05, 3.63) is 66.2 Å². The molecule has 1 aliphatic heterocycles. The molecule has 0 radical (unpaired) electrons. The van der Waals surface area contributed by atoms with Gasteiger partial charge in [-0.2, -0.15) is 0 Å². The molecule has 1 aromatic heterocycles. The van der Waals surface area contributed by atoms with Crippen LogP contribution >= 0.6 is 0 Å². The predicted molar refractivity (Wildman–Crippen MR) is 128 cm³/mol. The van der Waals surface area contributed by atoms with Gasteiger partial charge in [-0.05, 0) is 35.9 Å². The average molecular weight is 468 g/mol. The largest absolute Gasteiger partial charge is 0.492 e. The summed E-state index contributed by atoms with van der Waals surface area (Å²) >= 11 is 0. The van der Waals surface area contributed by atoms with E-state index in [0.29, 0.717) is 36.7 Å². The number of aromatic nitrogens is 1. The zero-order chi connectivity index (χ0) is 23.0. The first kappa shape index (κ1) is 21.6. The fourth-order valence-corrected chi connectivity index (χ4v) is 4.80. The molecule has 33 heavy (non-hydrogen) atoms. The maximum Gasteiger partial charge on any atom is 0.235 e. The Morgan fingerprint density at radius 2 is 1.94 bits per heavy atom. The third-order valence-electron chi connectivity index (χ3n) is 5.74. The number of hydrogen-bond donors (Lipinski definition) is 3. The van der Waals surface area contributed by atoms with Gasteiger partial charge >= 0.3 is 0 Å². The second kappa shape index (κ2) is 8.58. The zero-order valence-electron chi connectivity index (χ0n) is 18.1. The molecule has 8 nitrogen and oxygen atoms in total. The number of benzene rings is 3. The van der Waals surface area contributed by atoms with E-state index in [1.807, 2.05) is 24.3 Å². The fraction of sp³-hybridized carbons (Fsp3) is 0.250. The monoisotopic (exact) mass is 467 g/mol. The second-order valence-electron chi connectivity index (χ2n) is 8.06. The Labute approximate surface area is 191 Å². The molecule has 0 saturated carbocycles. The molecule has 3 N–H and O–H groups in total. The molecule has 0 spiro atoms. The number of hydrogen-bond acceptors (Lipinski definition) is 6. The van der Waals surface area contributed by atoms with Crippen LogP contribution in [0.1, 0.15) is 11.7 Å². The van der Waals surface area contributed by atoms with Crippen LogP contribution in [-0.2, 0) is 10.0 Å². The number of ether oxygens (including phenoxy) is 2. The Morgan fingerprint density at radius 1 is 1.12 bits per heavy atom. The van der Waals surface area contributed by atoms with E-state index in [0.717, 1.165) is 28.4 Å². The van der Waals surface area contributed by atoms with Crippen molar-refractivity contribution in [2.45, 2.75) is 6.10 Å². The number of para-hydroxylation sites is 1. The summed E-state index contributed by atoms with van der Waals surface area (Å²) in [5, 5.41) is 16.1. The summed E-state index contributed by atoms with van der Waals surface area (Å²) in [7, 11) is -3.44. The van der Waals surface area contributed by atoms with Gasteiger partial charge in [0.15, 0.2) is 6.73 Å². The molecular weight excluding hydrogens is 442 g/mol. The Bertz CT molecular complexity index is 1420. The van der Waals surface area contributed by atoms with Crippen LogP contribution < -0.4 is 19.1 Å². The van der Waals surface area contributed by atoms with E-state index in [-0.39, 0.29) is 6.73 Å². The van der Waals surface area contributed by atoms with E-state index >= 15 is 0 Å². The highest BCUT2D eigenvalue weighted by Gasteiger charge is 2.28. The molecule has 1 atom stereocenters. The summed E-state index contributed by atoms with van der Waals surface area (Å²) in [5.74, 6) is 1.26. The van der Waals surface area contributed by atoms with E-state index in [1.165, 1.54) is 9.69 Å². The quantitative estimate of drug-likeness (QED) is 0.344. The maximum absolute atomic E-state index is 11.9. The molecule has 0 bridgehead atoms. The first-order valence-corrected chi connectivity index (χ1v) is 12.5. The number of rotatable bonds is 8. The molecule has 9 heteroatoms. The van der Waals surface area contributed by atoms with E-state index in [1.54, 1.807) is 18.2 Å². The highest BCUT2D eigenvalue weighted by molar-refractivity contribution is 7.92. The standard InChI is InChI=1S/C24H25N3O5S/c1-33(29,30)27-15-32-24-9-6-16(12-22(24)27)23(28)14-25-10-11-31-17-7-8-19-18-4-2-3-5-20(18)26-21(19)13-17/h2-9,12-13,23,25-26,28H,10-11,14-15H2,1H3. The van der Waals surface area contributed by atoms with Crippen molar-refractivity contribution < 1.29 is 23.0 Å². The summed E-state index contributed by atoms with van der Waals surface area (Å²) in [4.78, 5) is 3.40. The van der Waals surface area contributed by atoms with Gasteiger partial charge in [-0.25, -0.2) is 12.7 Å². The van der Waals surface area contributed by atoms with Crippen LogP contribution in [0, 0.1) is 0 Å². The van der Waals surface area contributed by atoms with Gasteiger partial charge in [-0.1, -0.05) is 24.3 Å². The molecule has 1 unspecified atom stereocenters. The lowest BCUT2D eigenvalue weighted by Gasteiger charge is -2.16. The molecule has 3 aromatic carbocycles. The lowest BCUT2D eigenvalue weighted by atomic mass is 10.1. The summed E-state index contributed by atoms with van der Waals surface area (Å²) in [6.45, 7) is 1.25. The van der Waals surface area contributed by atoms with Gasteiger partial charge in [0.25, 0.3) is 0 Å². The van der Waals surface area contributed by atoms with Gasteiger partial charge in [-0.15, -0.1) is 0 Å². The van der Waals surface area contributed by atoms with E-state index in [2.05, 4.69) is 28.5 Å². The maximum atomic E-state index is 11.9. The molecule has 0 fully saturated rings. The molecule has 4 aromatic rings. The van der Waals surface area contributed by atoms with E-state index in [9.17, 15) is 13.5 Å². The number of aliphatic hydroxyl groups excluding tert-OH is 1. The van der Waals surface area contributed by atoms with Crippen molar-refractivity contribution in [2.75, 3.05) is 37.0 Å². The lowest BCUT2D eigenvalue weighted by molar-refractivity contribution is 0.172. The molecule has 5 rings (SSSR count). The number of nitrogens with one attached hydrogen (secondary N) is 2. The molecule has 0 aliphatic carbocycles. The van der Waals surface area contributed by atoms with Crippen LogP contribution in [0.15, 0.2) is 60.7 Å².